The summed E-state index contributed by atoms with van der Waals surface area (Å²) in [4.78, 5) is 0. The first-order chi connectivity index (χ1) is 14.1. The average molecular weight is 453 g/mol. The van der Waals surface area contributed by atoms with Crippen LogP contribution in [0.2, 0.25) is 5.02 Å². The number of allylic oxidation sites excluding steroid dienone is 1. The Morgan fingerprint density at radius 3 is 2.00 bits per heavy atom. The maximum atomic E-state index is 15.2. The number of benzene rings is 2. The summed E-state index contributed by atoms with van der Waals surface area (Å²) in [6.07, 6.45) is 2.42. The summed E-state index contributed by atoms with van der Waals surface area (Å²) in [5, 5.41) is 0.469. The first-order valence-electron chi connectivity index (χ1n) is 10.1. The molecule has 1 unspecified atom stereocenters. The van der Waals surface area contributed by atoms with Gasteiger partial charge in [-0.05, 0) is 54.2 Å². The van der Waals surface area contributed by atoms with Crippen molar-refractivity contribution in [1.29, 1.82) is 0 Å². The van der Waals surface area contributed by atoms with Crippen LogP contribution in [0.1, 0.15) is 75.3 Å². The van der Waals surface area contributed by atoms with Crippen molar-refractivity contribution in [3.05, 3.63) is 81.9 Å². The monoisotopic (exact) mass is 452 g/mol. The first-order valence-corrected chi connectivity index (χ1v) is 10.4. The van der Waals surface area contributed by atoms with Gasteiger partial charge in [0.2, 0.25) is 0 Å². The highest BCUT2D eigenvalue weighted by molar-refractivity contribution is 6.31. The van der Waals surface area contributed by atoms with E-state index in [1.807, 2.05) is 26.8 Å². The predicted molar refractivity (Wildman–Crippen MR) is 123 cm³/mol. The minimum atomic E-state index is -3.17. The van der Waals surface area contributed by atoms with Crippen LogP contribution in [-0.2, 0) is 11.3 Å². The molecule has 0 fully saturated rings. The van der Waals surface area contributed by atoms with Crippen molar-refractivity contribution in [3.63, 3.8) is 0 Å². The number of halogens is 5. The second kappa shape index (κ2) is 8.82. The maximum absolute atomic E-state index is 15.2. The first kappa shape index (κ1) is 25.2. The van der Waals surface area contributed by atoms with Crippen molar-refractivity contribution in [3.8, 4) is 0 Å². The third-order valence-electron chi connectivity index (χ3n) is 5.23. The van der Waals surface area contributed by atoms with Crippen molar-refractivity contribution in [2.75, 3.05) is 0 Å². The van der Waals surface area contributed by atoms with Gasteiger partial charge in [0, 0.05) is 29.0 Å². The van der Waals surface area contributed by atoms with Crippen LogP contribution in [0.5, 0.6) is 0 Å². The van der Waals surface area contributed by atoms with Crippen LogP contribution in [-0.4, -0.2) is 5.67 Å². The Bertz CT molecular complexity index is 986. The highest BCUT2D eigenvalue weighted by atomic mass is 35.5. The lowest BCUT2D eigenvalue weighted by molar-refractivity contribution is 0.0172. The van der Waals surface area contributed by atoms with Crippen LogP contribution in [0.25, 0.3) is 11.9 Å². The summed E-state index contributed by atoms with van der Waals surface area (Å²) in [5.74, 6) is -4.92. The highest BCUT2D eigenvalue weighted by Crippen LogP contribution is 2.40. The molecule has 2 aromatic carbocycles. The summed E-state index contributed by atoms with van der Waals surface area (Å²) < 4.78 is 58.2. The van der Waals surface area contributed by atoms with E-state index in [1.54, 1.807) is 12.1 Å². The van der Waals surface area contributed by atoms with Gasteiger partial charge >= 0.3 is 0 Å². The molecule has 168 valence electrons. The lowest BCUT2D eigenvalue weighted by atomic mass is 9.81. The van der Waals surface area contributed by atoms with Gasteiger partial charge < -0.3 is 0 Å². The van der Waals surface area contributed by atoms with Gasteiger partial charge in [0.25, 0.3) is 5.92 Å². The van der Waals surface area contributed by atoms with E-state index >= 15 is 8.78 Å². The molecule has 1 atom stereocenters. The highest BCUT2D eigenvalue weighted by Gasteiger charge is 2.32. The Kier molecular flexibility index (Phi) is 7.17. The molecule has 0 bridgehead atoms. The van der Waals surface area contributed by atoms with Crippen molar-refractivity contribution >= 4 is 23.5 Å². The van der Waals surface area contributed by atoms with Crippen LogP contribution in [0.4, 0.5) is 17.6 Å². The number of hydrogen-bond acceptors (Lipinski definition) is 0. The lowest BCUT2D eigenvalue weighted by Crippen LogP contribution is -2.23. The molecule has 5 heteroatoms. The molecule has 0 aromatic heterocycles. The molecule has 0 amide bonds. The predicted octanol–water partition coefficient (Wildman–Crippen LogP) is 9.23. The van der Waals surface area contributed by atoms with Crippen LogP contribution in [0, 0.1) is 0 Å². The van der Waals surface area contributed by atoms with E-state index < -0.39 is 23.3 Å². The van der Waals surface area contributed by atoms with Crippen LogP contribution >= 0.6 is 11.6 Å². The molecule has 0 aliphatic rings. The van der Waals surface area contributed by atoms with Crippen molar-refractivity contribution < 1.29 is 17.6 Å². The van der Waals surface area contributed by atoms with E-state index in [4.69, 9.17) is 11.6 Å². The molecular formula is C26H29ClF4. The van der Waals surface area contributed by atoms with Gasteiger partial charge in [-0.25, -0.2) is 17.6 Å². The zero-order chi connectivity index (χ0) is 23.8. The Hall–Kier alpha value is -2.07. The van der Waals surface area contributed by atoms with Gasteiger partial charge in [-0.15, -0.1) is 0 Å². The second-order valence-electron chi connectivity index (χ2n) is 9.44. The summed E-state index contributed by atoms with van der Waals surface area (Å²) >= 11 is 6.44. The fourth-order valence-electron chi connectivity index (χ4n) is 3.53. The molecular weight excluding hydrogens is 424 g/mol. The normalized spacial score (nSPS) is 14.5. The standard InChI is InChI=1S/C26H29ClF4/c1-8-16-9-10-18(13-21(16)26(7,30)31)23(28)15-20(25(5,6)29)17-11-12-19(22(27)14-17)24(2,3)4/h8-15,20H,1H2,2-7H3/b23-15-. The SMILES string of the molecule is C=Cc1ccc(/C(F)=C/C(c2ccc(C(C)(C)C)c(Cl)c2)C(C)(C)F)cc1C(C)(F)F. The molecule has 2 rings (SSSR count). The lowest BCUT2D eigenvalue weighted by Gasteiger charge is -2.27. The van der Waals surface area contributed by atoms with Crippen LogP contribution in [0.15, 0.2) is 49.1 Å². The smallest absolute Gasteiger partial charge is 0.243 e. The van der Waals surface area contributed by atoms with Gasteiger partial charge in [-0.3, -0.25) is 0 Å². The topological polar surface area (TPSA) is 0 Å². The molecule has 0 nitrogen and oxygen atoms in total. The Labute approximate surface area is 187 Å². The summed E-state index contributed by atoms with van der Waals surface area (Å²) in [6, 6.07) is 9.04. The van der Waals surface area contributed by atoms with Gasteiger partial charge in [0.1, 0.15) is 11.5 Å². The molecule has 0 radical (unpaired) electrons. The zero-order valence-electron chi connectivity index (χ0n) is 18.8. The average Bonchev–Trinajstić information content (AvgIpc) is 2.62. The van der Waals surface area contributed by atoms with Crippen molar-refractivity contribution in [2.24, 2.45) is 0 Å². The number of hydrogen-bond donors (Lipinski definition) is 0. The van der Waals surface area contributed by atoms with E-state index in [1.165, 1.54) is 32.1 Å². The van der Waals surface area contributed by atoms with E-state index in [0.717, 1.165) is 24.6 Å². The van der Waals surface area contributed by atoms with E-state index in [9.17, 15) is 8.78 Å². The Balaban J connectivity index is 2.57. The van der Waals surface area contributed by atoms with E-state index in [0.29, 0.717) is 10.6 Å². The molecule has 31 heavy (non-hydrogen) atoms. The molecule has 0 aliphatic carbocycles. The number of alkyl halides is 3. The van der Waals surface area contributed by atoms with Gasteiger partial charge in [-0.1, -0.05) is 69.3 Å². The van der Waals surface area contributed by atoms with Crippen LogP contribution in [0.3, 0.4) is 0 Å². The molecule has 0 heterocycles. The molecule has 0 saturated carbocycles. The minimum absolute atomic E-state index is 0.0474. The fraction of sp³-hybridized carbons (Fsp3) is 0.385. The van der Waals surface area contributed by atoms with Gasteiger partial charge in [0.05, 0.1) is 0 Å². The molecule has 0 aliphatic heterocycles. The van der Waals surface area contributed by atoms with Crippen molar-refractivity contribution in [1.82, 2.24) is 0 Å². The molecule has 0 N–H and O–H groups in total. The quantitative estimate of drug-likeness (QED) is 0.383. The maximum Gasteiger partial charge on any atom is 0.271 e. The summed E-state index contributed by atoms with van der Waals surface area (Å²) in [7, 11) is 0. The molecule has 0 spiro atoms. The van der Waals surface area contributed by atoms with Crippen molar-refractivity contribution in [2.45, 2.75) is 64.5 Å². The van der Waals surface area contributed by atoms with Gasteiger partial charge in [0.15, 0.2) is 0 Å². The van der Waals surface area contributed by atoms with Gasteiger partial charge in [-0.2, -0.15) is 0 Å². The zero-order valence-corrected chi connectivity index (χ0v) is 19.5. The summed E-state index contributed by atoms with van der Waals surface area (Å²) in [6.45, 7) is 13.0. The van der Waals surface area contributed by atoms with E-state index in [-0.39, 0.29) is 22.1 Å². The summed E-state index contributed by atoms with van der Waals surface area (Å²) in [5.41, 5.74) is -0.784. The van der Waals surface area contributed by atoms with E-state index in [2.05, 4.69) is 6.58 Å². The Morgan fingerprint density at radius 1 is 0.935 bits per heavy atom. The second-order valence-corrected chi connectivity index (χ2v) is 9.85. The van der Waals surface area contributed by atoms with Crippen LogP contribution < -0.4 is 0 Å². The minimum Gasteiger partial charge on any atom is -0.243 e. The largest absolute Gasteiger partial charge is 0.271 e. The third-order valence-corrected chi connectivity index (χ3v) is 5.55. The molecule has 2 aromatic rings. The number of rotatable bonds is 6. The third kappa shape index (κ3) is 6.00. The molecule has 0 saturated heterocycles. The Morgan fingerprint density at radius 2 is 1.55 bits per heavy atom. The fourth-order valence-corrected chi connectivity index (χ4v) is 4.00.